The van der Waals surface area contributed by atoms with Crippen LogP contribution in [-0.4, -0.2) is 66.2 Å². The molecule has 6 heteroatoms. The Balaban J connectivity index is 1.65. The van der Waals surface area contributed by atoms with Crippen molar-refractivity contribution < 1.29 is 14.7 Å². The van der Waals surface area contributed by atoms with E-state index in [0.717, 1.165) is 31.5 Å². The second-order valence-corrected chi connectivity index (χ2v) is 6.39. The molecule has 0 spiro atoms. The van der Waals surface area contributed by atoms with Crippen LogP contribution in [0.5, 0.6) is 0 Å². The molecule has 2 saturated heterocycles. The lowest BCUT2D eigenvalue weighted by atomic mass is 9.75. The van der Waals surface area contributed by atoms with Crippen molar-refractivity contribution in [2.24, 2.45) is 0 Å². The van der Waals surface area contributed by atoms with E-state index in [2.05, 4.69) is 22.3 Å². The summed E-state index contributed by atoms with van der Waals surface area (Å²) in [6.07, 6.45) is 1.95. The highest BCUT2D eigenvalue weighted by Crippen LogP contribution is 2.33. The normalized spacial score (nSPS) is 25.7. The Morgan fingerprint density at radius 1 is 1.17 bits per heavy atom. The predicted octanol–water partition coefficient (Wildman–Crippen LogP) is 0.564. The van der Waals surface area contributed by atoms with E-state index in [4.69, 9.17) is 0 Å². The van der Waals surface area contributed by atoms with Crippen molar-refractivity contribution in [1.82, 2.24) is 15.1 Å². The molecule has 2 N–H and O–H groups in total. The highest BCUT2D eigenvalue weighted by molar-refractivity contribution is 6.01. The zero-order chi connectivity index (χ0) is 16.3. The lowest BCUT2D eigenvalue weighted by Crippen LogP contribution is -2.50. The van der Waals surface area contributed by atoms with E-state index in [9.17, 15) is 14.7 Å². The monoisotopic (exact) mass is 317 g/mol. The number of likely N-dealkylation sites (tertiary alicyclic amines) is 1. The number of rotatable bonds is 5. The molecular formula is C17H23N3O3. The van der Waals surface area contributed by atoms with Crippen molar-refractivity contribution in [2.45, 2.75) is 18.3 Å². The predicted molar refractivity (Wildman–Crippen MR) is 86.0 cm³/mol. The molecule has 0 aliphatic carbocycles. The molecule has 1 atom stereocenters. The molecule has 0 saturated carbocycles. The minimum absolute atomic E-state index is 0.101. The molecule has 0 radical (unpaired) electrons. The van der Waals surface area contributed by atoms with Crippen LogP contribution in [0, 0.1) is 0 Å². The zero-order valence-corrected chi connectivity index (χ0v) is 13.2. The SMILES string of the molecule is O=C1CNC(=O)N1CCN1CCCC(CO)(c2ccccc2)C1. The maximum atomic E-state index is 11.6. The number of piperidine rings is 1. The van der Waals surface area contributed by atoms with Crippen LogP contribution in [0.4, 0.5) is 4.79 Å². The topological polar surface area (TPSA) is 72.9 Å². The molecule has 1 unspecified atom stereocenters. The van der Waals surface area contributed by atoms with E-state index in [1.54, 1.807) is 0 Å². The fourth-order valence-corrected chi connectivity index (χ4v) is 3.59. The van der Waals surface area contributed by atoms with Crippen LogP contribution in [-0.2, 0) is 10.2 Å². The van der Waals surface area contributed by atoms with Gasteiger partial charge in [-0.15, -0.1) is 0 Å². The molecule has 3 amide bonds. The van der Waals surface area contributed by atoms with Crippen molar-refractivity contribution >= 4 is 11.9 Å². The van der Waals surface area contributed by atoms with Gasteiger partial charge < -0.3 is 15.3 Å². The van der Waals surface area contributed by atoms with E-state index in [1.165, 1.54) is 4.90 Å². The molecule has 1 aromatic rings. The average Bonchev–Trinajstić information content (AvgIpc) is 2.92. The van der Waals surface area contributed by atoms with E-state index < -0.39 is 0 Å². The first kappa shape index (κ1) is 16.0. The van der Waals surface area contributed by atoms with Gasteiger partial charge in [0.2, 0.25) is 5.91 Å². The molecule has 6 nitrogen and oxygen atoms in total. The van der Waals surface area contributed by atoms with Gasteiger partial charge in [-0.25, -0.2) is 4.79 Å². The van der Waals surface area contributed by atoms with E-state index in [0.29, 0.717) is 13.1 Å². The summed E-state index contributed by atoms with van der Waals surface area (Å²) >= 11 is 0. The van der Waals surface area contributed by atoms with E-state index >= 15 is 0 Å². The van der Waals surface area contributed by atoms with Crippen LogP contribution in [0.3, 0.4) is 0 Å². The molecule has 2 heterocycles. The van der Waals surface area contributed by atoms with Gasteiger partial charge in [0.05, 0.1) is 13.2 Å². The number of imide groups is 1. The third-order valence-electron chi connectivity index (χ3n) is 4.92. The number of carbonyl (C=O) groups excluding carboxylic acids is 2. The standard InChI is InChI=1S/C17H23N3O3/c21-13-17(14-5-2-1-3-6-14)7-4-8-19(12-17)9-10-20-15(22)11-18-16(20)23/h1-3,5-6,21H,4,7-13H2,(H,18,23). The van der Waals surface area contributed by atoms with Gasteiger partial charge in [0.25, 0.3) is 0 Å². The number of amides is 3. The number of urea groups is 1. The molecule has 2 fully saturated rings. The van der Waals surface area contributed by atoms with Crippen LogP contribution in [0.15, 0.2) is 30.3 Å². The summed E-state index contributed by atoms with van der Waals surface area (Å²) in [6, 6.07) is 9.81. The third-order valence-corrected chi connectivity index (χ3v) is 4.92. The minimum Gasteiger partial charge on any atom is -0.395 e. The first-order valence-corrected chi connectivity index (χ1v) is 8.12. The summed E-state index contributed by atoms with van der Waals surface area (Å²) in [7, 11) is 0. The largest absolute Gasteiger partial charge is 0.395 e. The maximum absolute atomic E-state index is 11.6. The van der Waals surface area contributed by atoms with Gasteiger partial charge in [-0.05, 0) is 24.9 Å². The van der Waals surface area contributed by atoms with Gasteiger partial charge in [-0.2, -0.15) is 0 Å². The van der Waals surface area contributed by atoms with Crippen LogP contribution >= 0.6 is 0 Å². The number of benzene rings is 1. The molecule has 0 aromatic heterocycles. The number of aliphatic hydroxyl groups excluding tert-OH is 1. The quantitative estimate of drug-likeness (QED) is 0.779. The molecule has 0 bridgehead atoms. The van der Waals surface area contributed by atoms with Crippen LogP contribution in [0.1, 0.15) is 18.4 Å². The summed E-state index contributed by atoms with van der Waals surface area (Å²) in [5.41, 5.74) is 0.902. The Hall–Kier alpha value is -1.92. The third kappa shape index (κ3) is 3.23. The van der Waals surface area contributed by atoms with Gasteiger partial charge in [0.1, 0.15) is 0 Å². The number of aliphatic hydroxyl groups is 1. The molecule has 124 valence electrons. The van der Waals surface area contributed by atoms with Gasteiger partial charge in [-0.3, -0.25) is 9.69 Å². The Bertz CT molecular complexity index is 562. The van der Waals surface area contributed by atoms with Gasteiger partial charge in [0.15, 0.2) is 0 Å². The lowest BCUT2D eigenvalue weighted by Gasteiger charge is -2.42. The number of hydrogen-bond acceptors (Lipinski definition) is 4. The summed E-state index contributed by atoms with van der Waals surface area (Å²) in [5, 5.41) is 12.6. The van der Waals surface area contributed by atoms with E-state index in [1.807, 2.05) is 18.2 Å². The Labute approximate surface area is 136 Å². The molecule has 1 aromatic carbocycles. The zero-order valence-electron chi connectivity index (χ0n) is 13.2. The van der Waals surface area contributed by atoms with Crippen molar-refractivity contribution in [3.8, 4) is 0 Å². The smallest absolute Gasteiger partial charge is 0.324 e. The fourth-order valence-electron chi connectivity index (χ4n) is 3.59. The van der Waals surface area contributed by atoms with Crippen molar-refractivity contribution in [1.29, 1.82) is 0 Å². The summed E-state index contributed by atoms with van der Waals surface area (Å²) < 4.78 is 0. The first-order chi connectivity index (χ1) is 11.1. The molecule has 23 heavy (non-hydrogen) atoms. The minimum atomic E-state index is -0.302. The maximum Gasteiger partial charge on any atom is 0.324 e. The molecule has 2 aliphatic heterocycles. The number of nitrogens with zero attached hydrogens (tertiary/aromatic N) is 2. The summed E-state index contributed by atoms with van der Waals surface area (Å²) in [5.74, 6) is -0.163. The Morgan fingerprint density at radius 2 is 1.96 bits per heavy atom. The fraction of sp³-hybridized carbons (Fsp3) is 0.529. The van der Waals surface area contributed by atoms with Crippen LogP contribution in [0.25, 0.3) is 0 Å². The highest BCUT2D eigenvalue weighted by atomic mass is 16.3. The molecular weight excluding hydrogens is 294 g/mol. The van der Waals surface area contributed by atoms with Gasteiger partial charge >= 0.3 is 6.03 Å². The van der Waals surface area contributed by atoms with Crippen molar-refractivity contribution in [2.75, 3.05) is 39.3 Å². The summed E-state index contributed by atoms with van der Waals surface area (Å²) in [4.78, 5) is 26.8. The summed E-state index contributed by atoms with van der Waals surface area (Å²) in [6.45, 7) is 2.93. The number of nitrogens with one attached hydrogen (secondary N) is 1. The van der Waals surface area contributed by atoms with Crippen LogP contribution in [0.2, 0.25) is 0 Å². The average molecular weight is 317 g/mol. The Kier molecular flexibility index (Phi) is 4.63. The van der Waals surface area contributed by atoms with Crippen LogP contribution < -0.4 is 5.32 Å². The Morgan fingerprint density at radius 3 is 2.61 bits per heavy atom. The number of carbonyl (C=O) groups is 2. The number of hydrogen-bond donors (Lipinski definition) is 2. The van der Waals surface area contributed by atoms with Gasteiger partial charge in [0, 0.05) is 25.0 Å². The second kappa shape index (κ2) is 6.68. The molecule has 2 aliphatic rings. The van der Waals surface area contributed by atoms with E-state index in [-0.39, 0.29) is 30.5 Å². The van der Waals surface area contributed by atoms with Crippen molar-refractivity contribution in [3.63, 3.8) is 0 Å². The van der Waals surface area contributed by atoms with Gasteiger partial charge in [-0.1, -0.05) is 30.3 Å². The second-order valence-electron chi connectivity index (χ2n) is 6.39. The van der Waals surface area contributed by atoms with Crippen molar-refractivity contribution in [3.05, 3.63) is 35.9 Å². The first-order valence-electron chi connectivity index (χ1n) is 8.12. The lowest BCUT2D eigenvalue weighted by molar-refractivity contribution is -0.125. The molecule has 3 rings (SSSR count). The highest BCUT2D eigenvalue weighted by Gasteiger charge is 2.37.